The monoisotopic (exact) mass is 326 g/mol. The van der Waals surface area contributed by atoms with E-state index in [0.717, 1.165) is 5.69 Å². The first-order valence-corrected chi connectivity index (χ1v) is 8.24. The standard InChI is InChI=1S/C19H26N4O/c1-13(2)10-22-18(24)16-11-21-17(12-20-16)23-15-9-7-6-8-14(15)19(3,4)5/h6-9,11-13H,10H2,1-5H3,(H,21,23)(H,22,24). The molecule has 2 rings (SSSR count). The molecule has 0 unspecified atom stereocenters. The lowest BCUT2D eigenvalue weighted by Crippen LogP contribution is -2.28. The van der Waals surface area contributed by atoms with Gasteiger partial charge in [-0.15, -0.1) is 0 Å². The maximum Gasteiger partial charge on any atom is 0.271 e. The highest BCUT2D eigenvalue weighted by atomic mass is 16.1. The highest BCUT2D eigenvalue weighted by Gasteiger charge is 2.17. The van der Waals surface area contributed by atoms with Gasteiger partial charge in [-0.1, -0.05) is 52.8 Å². The number of amides is 1. The second-order valence-electron chi connectivity index (χ2n) is 7.31. The van der Waals surface area contributed by atoms with E-state index in [4.69, 9.17) is 0 Å². The molecule has 24 heavy (non-hydrogen) atoms. The maximum atomic E-state index is 12.0. The van der Waals surface area contributed by atoms with E-state index < -0.39 is 0 Å². The number of carbonyl (C=O) groups excluding carboxylic acids is 1. The first kappa shape index (κ1) is 17.9. The average Bonchev–Trinajstić information content (AvgIpc) is 2.53. The third-order valence-corrected chi connectivity index (χ3v) is 3.55. The highest BCUT2D eigenvalue weighted by molar-refractivity contribution is 5.92. The van der Waals surface area contributed by atoms with E-state index in [0.29, 0.717) is 24.0 Å². The summed E-state index contributed by atoms with van der Waals surface area (Å²) in [4.78, 5) is 20.5. The van der Waals surface area contributed by atoms with Crippen molar-refractivity contribution in [1.29, 1.82) is 0 Å². The average molecular weight is 326 g/mol. The Hall–Kier alpha value is -2.43. The Morgan fingerprint density at radius 1 is 1.12 bits per heavy atom. The van der Waals surface area contributed by atoms with Crippen molar-refractivity contribution in [2.75, 3.05) is 11.9 Å². The molecule has 1 aromatic heterocycles. The summed E-state index contributed by atoms with van der Waals surface area (Å²) in [5, 5.41) is 6.12. The van der Waals surface area contributed by atoms with Crippen molar-refractivity contribution in [3.05, 3.63) is 47.9 Å². The SMILES string of the molecule is CC(C)CNC(=O)c1cnc(Nc2ccccc2C(C)(C)C)cn1. The van der Waals surface area contributed by atoms with Crippen LogP contribution in [-0.2, 0) is 5.41 Å². The number of hydrogen-bond donors (Lipinski definition) is 2. The van der Waals surface area contributed by atoms with Crippen LogP contribution in [0.25, 0.3) is 0 Å². The Bertz CT molecular complexity index is 687. The normalized spacial score (nSPS) is 11.4. The van der Waals surface area contributed by atoms with Crippen molar-refractivity contribution in [2.45, 2.75) is 40.0 Å². The summed E-state index contributed by atoms with van der Waals surface area (Å²) in [6, 6.07) is 8.13. The summed E-state index contributed by atoms with van der Waals surface area (Å²) in [6.07, 6.45) is 3.08. The van der Waals surface area contributed by atoms with Gasteiger partial charge in [0, 0.05) is 12.2 Å². The fraction of sp³-hybridized carbons (Fsp3) is 0.421. The van der Waals surface area contributed by atoms with Crippen LogP contribution in [0.3, 0.4) is 0 Å². The Labute approximate surface area is 143 Å². The Balaban J connectivity index is 2.12. The van der Waals surface area contributed by atoms with Crippen LogP contribution in [0.5, 0.6) is 0 Å². The summed E-state index contributed by atoms with van der Waals surface area (Å²) in [6.45, 7) is 11.2. The molecule has 5 heteroatoms. The van der Waals surface area contributed by atoms with Crippen molar-refractivity contribution in [3.63, 3.8) is 0 Å². The molecule has 0 radical (unpaired) electrons. The van der Waals surface area contributed by atoms with E-state index >= 15 is 0 Å². The summed E-state index contributed by atoms with van der Waals surface area (Å²) >= 11 is 0. The van der Waals surface area contributed by atoms with Crippen LogP contribution >= 0.6 is 0 Å². The molecule has 0 aliphatic carbocycles. The molecule has 1 amide bonds. The molecule has 0 saturated carbocycles. The lowest BCUT2D eigenvalue weighted by molar-refractivity contribution is 0.0943. The Morgan fingerprint density at radius 2 is 1.83 bits per heavy atom. The summed E-state index contributed by atoms with van der Waals surface area (Å²) in [7, 11) is 0. The van der Waals surface area contributed by atoms with Crippen LogP contribution in [0.4, 0.5) is 11.5 Å². The lowest BCUT2D eigenvalue weighted by Gasteiger charge is -2.23. The fourth-order valence-corrected chi connectivity index (χ4v) is 2.28. The second kappa shape index (κ2) is 7.43. The molecule has 0 fully saturated rings. The minimum absolute atomic E-state index is 0.0215. The van der Waals surface area contributed by atoms with E-state index in [1.54, 1.807) is 6.20 Å². The van der Waals surface area contributed by atoms with E-state index in [1.807, 2.05) is 32.0 Å². The molecule has 1 aromatic carbocycles. The summed E-state index contributed by atoms with van der Waals surface area (Å²) in [5.74, 6) is 0.821. The minimum Gasteiger partial charge on any atom is -0.350 e. The van der Waals surface area contributed by atoms with Crippen LogP contribution in [0.2, 0.25) is 0 Å². The first-order valence-electron chi connectivity index (χ1n) is 8.24. The molecule has 0 spiro atoms. The van der Waals surface area contributed by atoms with Gasteiger partial charge in [0.15, 0.2) is 0 Å². The maximum absolute atomic E-state index is 12.0. The van der Waals surface area contributed by atoms with Crippen molar-refractivity contribution >= 4 is 17.4 Å². The molecular formula is C19H26N4O. The summed E-state index contributed by atoms with van der Waals surface area (Å²) < 4.78 is 0. The van der Waals surface area contributed by atoms with Crippen molar-refractivity contribution in [3.8, 4) is 0 Å². The molecule has 128 valence electrons. The van der Waals surface area contributed by atoms with Crippen LogP contribution in [0, 0.1) is 5.92 Å². The van der Waals surface area contributed by atoms with E-state index in [2.05, 4.69) is 47.4 Å². The molecule has 2 aromatic rings. The molecule has 5 nitrogen and oxygen atoms in total. The zero-order valence-corrected chi connectivity index (χ0v) is 15.1. The van der Waals surface area contributed by atoms with Crippen LogP contribution in [0.1, 0.15) is 50.7 Å². The topological polar surface area (TPSA) is 66.9 Å². The lowest BCUT2D eigenvalue weighted by atomic mass is 9.86. The largest absolute Gasteiger partial charge is 0.350 e. The number of rotatable bonds is 5. The third-order valence-electron chi connectivity index (χ3n) is 3.55. The van der Waals surface area contributed by atoms with Gasteiger partial charge in [-0.2, -0.15) is 0 Å². The molecule has 0 bridgehead atoms. The van der Waals surface area contributed by atoms with Gasteiger partial charge < -0.3 is 10.6 Å². The zero-order valence-electron chi connectivity index (χ0n) is 15.1. The highest BCUT2D eigenvalue weighted by Crippen LogP contribution is 2.30. The van der Waals surface area contributed by atoms with Gasteiger partial charge >= 0.3 is 0 Å². The second-order valence-corrected chi connectivity index (χ2v) is 7.31. The van der Waals surface area contributed by atoms with E-state index in [1.165, 1.54) is 11.8 Å². The first-order chi connectivity index (χ1) is 11.3. The van der Waals surface area contributed by atoms with E-state index in [-0.39, 0.29) is 11.3 Å². The number of para-hydroxylation sites is 1. The van der Waals surface area contributed by atoms with Gasteiger partial charge in [0.25, 0.3) is 5.91 Å². The number of nitrogens with zero attached hydrogens (tertiary/aromatic N) is 2. The fourth-order valence-electron chi connectivity index (χ4n) is 2.28. The van der Waals surface area contributed by atoms with Gasteiger partial charge in [-0.05, 0) is 23.0 Å². The van der Waals surface area contributed by atoms with Crippen molar-refractivity contribution in [1.82, 2.24) is 15.3 Å². The quantitative estimate of drug-likeness (QED) is 0.874. The van der Waals surface area contributed by atoms with Crippen molar-refractivity contribution < 1.29 is 4.79 Å². The van der Waals surface area contributed by atoms with Crippen LogP contribution < -0.4 is 10.6 Å². The van der Waals surface area contributed by atoms with Gasteiger partial charge in [0.1, 0.15) is 11.5 Å². The van der Waals surface area contributed by atoms with Gasteiger partial charge in [-0.3, -0.25) is 4.79 Å². The molecule has 0 aliphatic rings. The number of hydrogen-bond acceptors (Lipinski definition) is 4. The van der Waals surface area contributed by atoms with Gasteiger partial charge in [0.05, 0.1) is 12.4 Å². The van der Waals surface area contributed by atoms with Gasteiger partial charge in [-0.25, -0.2) is 9.97 Å². The molecular weight excluding hydrogens is 300 g/mol. The third kappa shape index (κ3) is 4.78. The van der Waals surface area contributed by atoms with Crippen molar-refractivity contribution in [2.24, 2.45) is 5.92 Å². The molecule has 0 saturated heterocycles. The zero-order chi connectivity index (χ0) is 17.7. The predicted octanol–water partition coefficient (Wildman–Crippen LogP) is 3.90. The molecule has 2 N–H and O–H groups in total. The molecule has 0 aliphatic heterocycles. The minimum atomic E-state index is -0.196. The number of nitrogens with one attached hydrogen (secondary N) is 2. The van der Waals surface area contributed by atoms with Crippen LogP contribution in [0.15, 0.2) is 36.7 Å². The number of anilines is 2. The number of carbonyl (C=O) groups is 1. The molecule has 0 atom stereocenters. The smallest absolute Gasteiger partial charge is 0.271 e. The predicted molar refractivity (Wildman–Crippen MR) is 97.6 cm³/mol. The number of aromatic nitrogens is 2. The summed E-state index contributed by atoms with van der Waals surface area (Å²) in [5.41, 5.74) is 2.54. The number of benzene rings is 1. The van der Waals surface area contributed by atoms with E-state index in [9.17, 15) is 4.79 Å². The Kier molecular flexibility index (Phi) is 5.54. The molecule has 1 heterocycles. The van der Waals surface area contributed by atoms with Crippen LogP contribution in [-0.4, -0.2) is 22.4 Å². The van der Waals surface area contributed by atoms with Gasteiger partial charge in [0.2, 0.25) is 0 Å². The Morgan fingerprint density at radius 3 is 2.42 bits per heavy atom.